The zero-order chi connectivity index (χ0) is 18.7. The minimum Gasteiger partial charge on any atom is -0.449 e. The highest BCUT2D eigenvalue weighted by Crippen LogP contribution is 2.27. The molecule has 0 aliphatic carbocycles. The van der Waals surface area contributed by atoms with Gasteiger partial charge in [0, 0.05) is 10.5 Å². The first-order valence-electron chi connectivity index (χ1n) is 7.93. The molecule has 134 valence electrons. The number of thioether (sulfide) groups is 1. The number of hydrogen-bond acceptors (Lipinski definition) is 6. The molecule has 3 aromatic rings. The van der Waals surface area contributed by atoms with E-state index in [0.29, 0.717) is 16.5 Å². The molecule has 0 aliphatic rings. The van der Waals surface area contributed by atoms with Crippen molar-refractivity contribution in [3.8, 4) is 11.5 Å². The van der Waals surface area contributed by atoms with Crippen LogP contribution >= 0.6 is 23.4 Å². The standard InChI is InChI=1S/C19H17ClN2O3S/c1-11-4-6-13(7-5-11)18-22-21-17(25-18)12(2)24-19(23)15-10-14(26-3)8-9-16(15)20/h4-10,12H,1-3H3/t12-/m1/s1. The van der Waals surface area contributed by atoms with Crippen molar-refractivity contribution >= 4 is 29.3 Å². The van der Waals surface area contributed by atoms with Crippen molar-refractivity contribution in [2.75, 3.05) is 6.26 Å². The summed E-state index contributed by atoms with van der Waals surface area (Å²) in [5.74, 6) is 0.0740. The molecular formula is C19H17ClN2O3S. The normalized spacial score (nSPS) is 12.0. The summed E-state index contributed by atoms with van der Waals surface area (Å²) in [7, 11) is 0. The van der Waals surface area contributed by atoms with E-state index < -0.39 is 12.1 Å². The second kappa shape index (κ2) is 7.93. The fourth-order valence-corrected chi connectivity index (χ4v) is 2.91. The molecule has 0 aliphatic heterocycles. The molecule has 0 N–H and O–H groups in total. The van der Waals surface area contributed by atoms with Gasteiger partial charge >= 0.3 is 5.97 Å². The summed E-state index contributed by atoms with van der Waals surface area (Å²) < 4.78 is 11.1. The molecule has 1 aromatic heterocycles. The molecule has 1 atom stereocenters. The number of ether oxygens (including phenoxy) is 1. The summed E-state index contributed by atoms with van der Waals surface area (Å²) in [4.78, 5) is 13.4. The summed E-state index contributed by atoms with van der Waals surface area (Å²) in [6.45, 7) is 3.68. The number of hydrogen-bond donors (Lipinski definition) is 0. The molecule has 3 rings (SSSR count). The van der Waals surface area contributed by atoms with Gasteiger partial charge in [0.25, 0.3) is 5.89 Å². The van der Waals surface area contributed by atoms with Crippen molar-refractivity contribution in [3.63, 3.8) is 0 Å². The first-order chi connectivity index (χ1) is 12.5. The number of benzene rings is 2. The van der Waals surface area contributed by atoms with E-state index in [0.717, 1.165) is 16.0 Å². The summed E-state index contributed by atoms with van der Waals surface area (Å²) >= 11 is 7.63. The molecule has 26 heavy (non-hydrogen) atoms. The summed E-state index contributed by atoms with van der Waals surface area (Å²) in [5, 5.41) is 8.35. The Labute approximate surface area is 160 Å². The van der Waals surface area contributed by atoms with Crippen LogP contribution in [0.1, 0.15) is 34.8 Å². The van der Waals surface area contributed by atoms with Crippen LogP contribution in [0.4, 0.5) is 0 Å². The highest BCUT2D eigenvalue weighted by atomic mass is 35.5. The van der Waals surface area contributed by atoms with E-state index in [-0.39, 0.29) is 5.89 Å². The fraction of sp³-hybridized carbons (Fsp3) is 0.211. The molecule has 0 unspecified atom stereocenters. The van der Waals surface area contributed by atoms with Gasteiger partial charge in [0.1, 0.15) is 0 Å². The molecule has 7 heteroatoms. The number of aromatic nitrogens is 2. The molecule has 0 fully saturated rings. The Hall–Kier alpha value is -2.31. The van der Waals surface area contributed by atoms with E-state index in [4.69, 9.17) is 20.8 Å². The predicted molar refractivity (Wildman–Crippen MR) is 102 cm³/mol. The van der Waals surface area contributed by atoms with E-state index in [2.05, 4.69) is 10.2 Å². The average Bonchev–Trinajstić information content (AvgIpc) is 3.13. The summed E-state index contributed by atoms with van der Waals surface area (Å²) in [6, 6.07) is 12.9. The van der Waals surface area contributed by atoms with Crippen molar-refractivity contribution in [3.05, 3.63) is 64.5 Å². The van der Waals surface area contributed by atoms with Crippen LogP contribution in [-0.2, 0) is 4.74 Å². The van der Waals surface area contributed by atoms with Crippen molar-refractivity contribution in [1.29, 1.82) is 0 Å². The van der Waals surface area contributed by atoms with Crippen molar-refractivity contribution in [1.82, 2.24) is 10.2 Å². The largest absolute Gasteiger partial charge is 0.449 e. The molecule has 0 saturated carbocycles. The topological polar surface area (TPSA) is 65.2 Å². The van der Waals surface area contributed by atoms with E-state index in [1.54, 1.807) is 19.1 Å². The summed E-state index contributed by atoms with van der Waals surface area (Å²) in [6.07, 6.45) is 1.23. The summed E-state index contributed by atoms with van der Waals surface area (Å²) in [5.41, 5.74) is 2.26. The Morgan fingerprint density at radius 1 is 1.19 bits per heavy atom. The zero-order valence-electron chi connectivity index (χ0n) is 14.5. The van der Waals surface area contributed by atoms with Crippen LogP contribution in [0.5, 0.6) is 0 Å². The number of carbonyl (C=O) groups is 1. The number of aryl methyl sites for hydroxylation is 1. The van der Waals surface area contributed by atoms with Gasteiger partial charge in [-0.1, -0.05) is 29.3 Å². The number of esters is 1. The lowest BCUT2D eigenvalue weighted by atomic mass is 10.1. The van der Waals surface area contributed by atoms with E-state index in [1.807, 2.05) is 43.5 Å². The van der Waals surface area contributed by atoms with Crippen molar-refractivity contribution in [2.24, 2.45) is 0 Å². The second-order valence-electron chi connectivity index (χ2n) is 5.70. The van der Waals surface area contributed by atoms with Crippen LogP contribution < -0.4 is 0 Å². The van der Waals surface area contributed by atoms with Crippen molar-refractivity contribution < 1.29 is 13.9 Å². The lowest BCUT2D eigenvalue weighted by Crippen LogP contribution is -2.10. The quantitative estimate of drug-likeness (QED) is 0.434. The third-order valence-electron chi connectivity index (χ3n) is 3.76. The molecule has 2 aromatic carbocycles. The maximum atomic E-state index is 12.4. The van der Waals surface area contributed by atoms with Crippen LogP contribution in [0, 0.1) is 6.92 Å². The zero-order valence-corrected chi connectivity index (χ0v) is 16.1. The molecule has 0 radical (unpaired) electrons. The van der Waals surface area contributed by atoms with Gasteiger partial charge in [-0.3, -0.25) is 0 Å². The van der Waals surface area contributed by atoms with Gasteiger partial charge in [0.15, 0.2) is 6.10 Å². The SMILES string of the molecule is CSc1ccc(Cl)c(C(=O)O[C@H](C)c2nnc(-c3ccc(C)cc3)o2)c1. The number of nitrogens with zero attached hydrogens (tertiary/aromatic N) is 2. The van der Waals surface area contributed by atoms with Crippen LogP contribution in [0.25, 0.3) is 11.5 Å². The first-order valence-corrected chi connectivity index (χ1v) is 9.53. The molecule has 0 spiro atoms. The van der Waals surface area contributed by atoms with Gasteiger partial charge in [-0.2, -0.15) is 0 Å². The maximum Gasteiger partial charge on any atom is 0.340 e. The predicted octanol–water partition coefficient (Wildman–Crippen LogP) is 5.34. The number of halogens is 1. The van der Waals surface area contributed by atoms with E-state index in [1.165, 1.54) is 11.8 Å². The molecule has 0 saturated heterocycles. The first kappa shape index (κ1) is 18.5. The highest BCUT2D eigenvalue weighted by Gasteiger charge is 2.21. The van der Waals surface area contributed by atoms with Gasteiger partial charge in [0.2, 0.25) is 5.89 Å². The van der Waals surface area contributed by atoms with Gasteiger partial charge in [-0.15, -0.1) is 22.0 Å². The Balaban J connectivity index is 1.75. The Bertz CT molecular complexity index is 925. The smallest absolute Gasteiger partial charge is 0.340 e. The van der Waals surface area contributed by atoms with Crippen LogP contribution in [0.3, 0.4) is 0 Å². The molecule has 0 bridgehead atoms. The minimum atomic E-state index is -0.691. The van der Waals surface area contributed by atoms with Gasteiger partial charge < -0.3 is 9.15 Å². The highest BCUT2D eigenvalue weighted by molar-refractivity contribution is 7.98. The molecule has 0 amide bonds. The van der Waals surface area contributed by atoms with E-state index >= 15 is 0 Å². The van der Waals surface area contributed by atoms with Crippen LogP contribution in [0.15, 0.2) is 51.8 Å². The minimum absolute atomic E-state index is 0.228. The maximum absolute atomic E-state index is 12.4. The lowest BCUT2D eigenvalue weighted by Gasteiger charge is -2.11. The monoisotopic (exact) mass is 388 g/mol. The number of carbonyl (C=O) groups excluding carboxylic acids is 1. The average molecular weight is 389 g/mol. The fourth-order valence-electron chi connectivity index (χ4n) is 2.27. The molecule has 1 heterocycles. The van der Waals surface area contributed by atoms with Crippen molar-refractivity contribution in [2.45, 2.75) is 24.8 Å². The Morgan fingerprint density at radius 2 is 1.92 bits per heavy atom. The third-order valence-corrected chi connectivity index (χ3v) is 4.82. The van der Waals surface area contributed by atoms with Gasteiger partial charge in [-0.25, -0.2) is 4.79 Å². The van der Waals surface area contributed by atoms with E-state index in [9.17, 15) is 4.79 Å². The lowest BCUT2D eigenvalue weighted by molar-refractivity contribution is 0.0280. The second-order valence-corrected chi connectivity index (χ2v) is 6.99. The molecule has 5 nitrogen and oxygen atoms in total. The van der Waals surface area contributed by atoms with Crippen LogP contribution in [0.2, 0.25) is 5.02 Å². The van der Waals surface area contributed by atoms with Gasteiger partial charge in [-0.05, 0) is 50.4 Å². The Morgan fingerprint density at radius 3 is 2.62 bits per heavy atom. The van der Waals surface area contributed by atoms with Gasteiger partial charge in [0.05, 0.1) is 10.6 Å². The number of rotatable bonds is 5. The molecular weight excluding hydrogens is 372 g/mol. The van der Waals surface area contributed by atoms with Crippen LogP contribution in [-0.4, -0.2) is 22.4 Å². The Kier molecular flexibility index (Phi) is 5.64. The third kappa shape index (κ3) is 4.08.